The molecule has 1 aliphatic rings. The van der Waals surface area contributed by atoms with E-state index < -0.39 is 6.04 Å². The predicted molar refractivity (Wildman–Crippen MR) is 97.3 cm³/mol. The van der Waals surface area contributed by atoms with Gasteiger partial charge in [-0.05, 0) is 44.4 Å². The molecule has 0 unspecified atom stereocenters. The molecule has 1 N–H and O–H groups in total. The van der Waals surface area contributed by atoms with E-state index in [9.17, 15) is 9.59 Å². The highest BCUT2D eigenvalue weighted by Crippen LogP contribution is 2.14. The topological polar surface area (TPSA) is 58.6 Å². The average molecular weight is 350 g/mol. The average Bonchev–Trinajstić information content (AvgIpc) is 2.57. The Balaban J connectivity index is 2.06. The number of carbonyl (C=O) groups excluding carboxylic acids is 2. The summed E-state index contributed by atoms with van der Waals surface area (Å²) < 4.78 is 5.69. The van der Waals surface area contributed by atoms with Gasteiger partial charge in [-0.2, -0.15) is 11.8 Å². The number of hydrogen-bond donors (Lipinski definition) is 1. The van der Waals surface area contributed by atoms with Gasteiger partial charge in [-0.3, -0.25) is 9.59 Å². The molecule has 0 radical (unpaired) electrons. The predicted octanol–water partition coefficient (Wildman–Crippen LogP) is 2.17. The van der Waals surface area contributed by atoms with Crippen molar-refractivity contribution >= 4 is 23.6 Å². The Morgan fingerprint density at radius 2 is 1.88 bits per heavy atom. The molecular formula is C18H26N2O3S. The van der Waals surface area contributed by atoms with Crippen LogP contribution in [0.25, 0.3) is 0 Å². The van der Waals surface area contributed by atoms with E-state index in [1.165, 1.54) is 0 Å². The number of ether oxygens (including phenoxy) is 1. The van der Waals surface area contributed by atoms with E-state index in [4.69, 9.17) is 4.74 Å². The summed E-state index contributed by atoms with van der Waals surface area (Å²) in [5.41, 5.74) is 0.572. The molecule has 6 heteroatoms. The first-order valence-corrected chi connectivity index (χ1v) is 9.69. The van der Waals surface area contributed by atoms with E-state index in [-0.39, 0.29) is 24.0 Å². The molecule has 1 aromatic rings. The zero-order chi connectivity index (χ0) is 17.5. The minimum atomic E-state index is -0.498. The van der Waals surface area contributed by atoms with Crippen LogP contribution in [0.1, 0.15) is 30.6 Å². The third kappa shape index (κ3) is 5.24. The van der Waals surface area contributed by atoms with Gasteiger partial charge >= 0.3 is 0 Å². The maximum atomic E-state index is 12.9. The molecule has 1 saturated heterocycles. The molecular weight excluding hydrogens is 324 g/mol. The number of rotatable bonds is 6. The zero-order valence-corrected chi connectivity index (χ0v) is 15.3. The molecule has 2 amide bonds. The molecule has 132 valence electrons. The standard InChI is InChI=1S/C18H26N2O3S/c1-13-11-20(12-14(2)23-13)18(22)16(9-10-24-3)19-17(21)15-7-5-4-6-8-15/h4-8,13-14,16H,9-12H2,1-3H3,(H,19,21)/t13-,14+,16-/m1/s1. The molecule has 2 rings (SSSR count). The Morgan fingerprint density at radius 3 is 2.46 bits per heavy atom. The summed E-state index contributed by atoms with van der Waals surface area (Å²) in [5, 5.41) is 2.91. The van der Waals surface area contributed by atoms with E-state index in [0.29, 0.717) is 25.1 Å². The molecule has 1 heterocycles. The smallest absolute Gasteiger partial charge is 0.251 e. The summed E-state index contributed by atoms with van der Waals surface area (Å²) in [6.45, 7) is 5.07. The van der Waals surface area contributed by atoms with Crippen LogP contribution < -0.4 is 5.32 Å². The van der Waals surface area contributed by atoms with Gasteiger partial charge in [-0.1, -0.05) is 18.2 Å². The van der Waals surface area contributed by atoms with Crippen molar-refractivity contribution in [3.63, 3.8) is 0 Å². The SMILES string of the molecule is CSCC[C@@H](NC(=O)c1ccccc1)C(=O)N1C[C@@H](C)O[C@@H](C)C1. The van der Waals surface area contributed by atoms with E-state index >= 15 is 0 Å². The number of carbonyl (C=O) groups is 2. The fourth-order valence-electron chi connectivity index (χ4n) is 2.90. The fourth-order valence-corrected chi connectivity index (χ4v) is 3.37. The molecule has 0 aromatic heterocycles. The summed E-state index contributed by atoms with van der Waals surface area (Å²) in [6.07, 6.45) is 2.66. The van der Waals surface area contributed by atoms with Crippen molar-refractivity contribution in [2.45, 2.75) is 38.5 Å². The Morgan fingerprint density at radius 1 is 1.25 bits per heavy atom. The van der Waals surface area contributed by atoms with Gasteiger partial charge in [0.1, 0.15) is 6.04 Å². The number of benzene rings is 1. The van der Waals surface area contributed by atoms with Crippen molar-refractivity contribution in [3.8, 4) is 0 Å². The second kappa shape index (κ2) is 9.08. The summed E-state index contributed by atoms with van der Waals surface area (Å²) in [4.78, 5) is 27.1. The molecule has 1 fully saturated rings. The highest BCUT2D eigenvalue weighted by atomic mass is 32.2. The maximum Gasteiger partial charge on any atom is 0.251 e. The van der Waals surface area contributed by atoms with E-state index in [1.807, 2.05) is 43.2 Å². The zero-order valence-electron chi connectivity index (χ0n) is 14.5. The van der Waals surface area contributed by atoms with Crippen LogP contribution in [0.4, 0.5) is 0 Å². The Labute approximate surface area is 148 Å². The van der Waals surface area contributed by atoms with Crippen molar-refractivity contribution in [2.24, 2.45) is 0 Å². The molecule has 0 spiro atoms. The largest absolute Gasteiger partial charge is 0.372 e. The highest BCUT2D eigenvalue weighted by Gasteiger charge is 2.31. The third-order valence-electron chi connectivity index (χ3n) is 3.98. The molecule has 0 bridgehead atoms. The second-order valence-electron chi connectivity index (χ2n) is 6.17. The molecule has 5 nitrogen and oxygen atoms in total. The minimum absolute atomic E-state index is 0.0173. The maximum absolute atomic E-state index is 12.9. The number of nitrogens with zero attached hydrogens (tertiary/aromatic N) is 1. The van der Waals surface area contributed by atoms with Gasteiger partial charge in [0.05, 0.1) is 12.2 Å². The van der Waals surface area contributed by atoms with Crippen LogP contribution in [0.5, 0.6) is 0 Å². The van der Waals surface area contributed by atoms with Gasteiger partial charge in [-0.25, -0.2) is 0 Å². The monoisotopic (exact) mass is 350 g/mol. The van der Waals surface area contributed by atoms with E-state index in [1.54, 1.807) is 23.9 Å². The lowest BCUT2D eigenvalue weighted by Gasteiger charge is -2.37. The van der Waals surface area contributed by atoms with Crippen LogP contribution in [-0.4, -0.2) is 60.1 Å². The molecule has 0 saturated carbocycles. The minimum Gasteiger partial charge on any atom is -0.372 e. The third-order valence-corrected chi connectivity index (χ3v) is 4.63. The molecule has 24 heavy (non-hydrogen) atoms. The number of morpholine rings is 1. The van der Waals surface area contributed by atoms with E-state index in [0.717, 1.165) is 5.75 Å². The molecule has 3 atom stereocenters. The van der Waals surface area contributed by atoms with Gasteiger partial charge < -0.3 is 15.0 Å². The van der Waals surface area contributed by atoms with Crippen LogP contribution in [-0.2, 0) is 9.53 Å². The Kier molecular flexibility index (Phi) is 7.12. The lowest BCUT2D eigenvalue weighted by Crippen LogP contribution is -2.55. The number of amides is 2. The number of hydrogen-bond acceptors (Lipinski definition) is 4. The fraction of sp³-hybridized carbons (Fsp3) is 0.556. The van der Waals surface area contributed by atoms with Gasteiger partial charge in [0.25, 0.3) is 5.91 Å². The van der Waals surface area contributed by atoms with Crippen LogP contribution in [0, 0.1) is 0 Å². The Bertz CT molecular complexity index is 542. The van der Waals surface area contributed by atoms with Gasteiger partial charge in [0.15, 0.2) is 0 Å². The summed E-state index contributed by atoms with van der Waals surface area (Å²) in [6, 6.07) is 8.51. The second-order valence-corrected chi connectivity index (χ2v) is 7.16. The van der Waals surface area contributed by atoms with Crippen molar-refractivity contribution in [2.75, 3.05) is 25.1 Å². The molecule has 1 aliphatic heterocycles. The quantitative estimate of drug-likeness (QED) is 0.854. The lowest BCUT2D eigenvalue weighted by atomic mass is 10.1. The molecule has 1 aromatic carbocycles. The summed E-state index contributed by atoms with van der Waals surface area (Å²) >= 11 is 1.67. The van der Waals surface area contributed by atoms with Crippen molar-refractivity contribution in [3.05, 3.63) is 35.9 Å². The first-order chi connectivity index (χ1) is 11.5. The first kappa shape index (κ1) is 18.8. The number of nitrogens with one attached hydrogen (secondary N) is 1. The normalized spacial score (nSPS) is 22.0. The van der Waals surface area contributed by atoms with Crippen LogP contribution in [0.3, 0.4) is 0 Å². The van der Waals surface area contributed by atoms with Crippen molar-refractivity contribution in [1.29, 1.82) is 0 Å². The summed E-state index contributed by atoms with van der Waals surface area (Å²) in [7, 11) is 0. The number of thioether (sulfide) groups is 1. The van der Waals surface area contributed by atoms with Gasteiger partial charge in [0, 0.05) is 18.7 Å². The molecule has 0 aliphatic carbocycles. The van der Waals surface area contributed by atoms with Crippen LogP contribution in [0.15, 0.2) is 30.3 Å². The first-order valence-electron chi connectivity index (χ1n) is 8.30. The summed E-state index contributed by atoms with van der Waals surface area (Å²) in [5.74, 6) is 0.598. The van der Waals surface area contributed by atoms with E-state index in [2.05, 4.69) is 5.32 Å². The van der Waals surface area contributed by atoms with Crippen LogP contribution >= 0.6 is 11.8 Å². The van der Waals surface area contributed by atoms with Crippen LogP contribution in [0.2, 0.25) is 0 Å². The lowest BCUT2D eigenvalue weighted by molar-refractivity contribution is -0.145. The van der Waals surface area contributed by atoms with Gasteiger partial charge in [0.2, 0.25) is 5.91 Å². The van der Waals surface area contributed by atoms with Crippen molar-refractivity contribution in [1.82, 2.24) is 10.2 Å². The van der Waals surface area contributed by atoms with Crippen molar-refractivity contribution < 1.29 is 14.3 Å². The Hall–Kier alpha value is -1.53. The highest BCUT2D eigenvalue weighted by molar-refractivity contribution is 7.98. The van der Waals surface area contributed by atoms with Gasteiger partial charge in [-0.15, -0.1) is 0 Å².